The van der Waals surface area contributed by atoms with Crippen molar-refractivity contribution in [2.24, 2.45) is 0 Å². The van der Waals surface area contributed by atoms with E-state index in [9.17, 15) is 4.79 Å². The number of fused-ring (bicyclic) bond motifs is 1. The van der Waals surface area contributed by atoms with Gasteiger partial charge < -0.3 is 10.2 Å². The number of nitrogens with zero attached hydrogens (tertiary/aromatic N) is 2. The predicted molar refractivity (Wildman–Crippen MR) is 93.3 cm³/mol. The fraction of sp³-hybridized carbons (Fsp3) is 0.412. The lowest BCUT2D eigenvalue weighted by Gasteiger charge is -2.11. The van der Waals surface area contributed by atoms with E-state index >= 15 is 0 Å². The summed E-state index contributed by atoms with van der Waals surface area (Å²) in [5.74, 6) is 0.591. The van der Waals surface area contributed by atoms with E-state index in [1.165, 1.54) is 0 Å². The molecule has 0 saturated carbocycles. The van der Waals surface area contributed by atoms with Crippen LogP contribution in [0.4, 0.5) is 10.6 Å². The first-order chi connectivity index (χ1) is 10.7. The third-order valence-electron chi connectivity index (χ3n) is 2.97. The summed E-state index contributed by atoms with van der Waals surface area (Å²) in [6.07, 6.45) is 2.62. The molecule has 0 radical (unpaired) electrons. The highest BCUT2D eigenvalue weighted by molar-refractivity contribution is 5.99. The molecule has 0 aliphatic heterocycles. The molecule has 5 heteroatoms. The van der Waals surface area contributed by atoms with Crippen LogP contribution in [0.25, 0.3) is 10.8 Å². The third-order valence-corrected chi connectivity index (χ3v) is 2.97. The second-order valence-electron chi connectivity index (χ2n) is 4.92. The Morgan fingerprint density at radius 3 is 2.64 bits per heavy atom. The number of rotatable bonds is 5. The minimum atomic E-state index is -0.215. The summed E-state index contributed by atoms with van der Waals surface area (Å²) in [4.78, 5) is 18.1. The zero-order valence-electron chi connectivity index (χ0n) is 13.9. The number of benzene rings is 1. The van der Waals surface area contributed by atoms with E-state index in [4.69, 9.17) is 0 Å². The van der Waals surface area contributed by atoms with E-state index in [1.807, 2.05) is 58.3 Å². The van der Waals surface area contributed by atoms with Gasteiger partial charge in [0.15, 0.2) is 0 Å². The topological polar surface area (TPSA) is 57.3 Å². The number of hydrogen-bond acceptors (Lipinski definition) is 3. The summed E-state index contributed by atoms with van der Waals surface area (Å²) in [5.41, 5.74) is 0. The van der Waals surface area contributed by atoms with Gasteiger partial charge in [-0.3, -0.25) is 5.32 Å². The number of pyridine rings is 1. The summed E-state index contributed by atoms with van der Waals surface area (Å²) in [6.45, 7) is 5.60. The minimum absolute atomic E-state index is 0.215. The number of hydrogen-bond donors (Lipinski definition) is 2. The molecule has 1 aromatic heterocycles. The van der Waals surface area contributed by atoms with Gasteiger partial charge in [0.2, 0.25) is 0 Å². The molecule has 0 fully saturated rings. The molecule has 1 aromatic carbocycles. The molecule has 0 unspecified atom stereocenters. The fourth-order valence-corrected chi connectivity index (χ4v) is 1.97. The number of carbonyl (C=O) groups is 1. The molecule has 0 bridgehead atoms. The van der Waals surface area contributed by atoms with Crippen molar-refractivity contribution in [1.82, 2.24) is 15.2 Å². The van der Waals surface area contributed by atoms with Crippen LogP contribution in [0, 0.1) is 0 Å². The molecule has 2 rings (SSSR count). The maximum atomic E-state index is 11.8. The monoisotopic (exact) mass is 302 g/mol. The van der Waals surface area contributed by atoms with Gasteiger partial charge in [0, 0.05) is 18.1 Å². The molecule has 2 amide bonds. The molecule has 0 aliphatic carbocycles. The van der Waals surface area contributed by atoms with Gasteiger partial charge in [-0.05, 0) is 38.5 Å². The lowest BCUT2D eigenvalue weighted by Crippen LogP contribution is -2.31. The van der Waals surface area contributed by atoms with Crippen LogP contribution >= 0.6 is 0 Å². The van der Waals surface area contributed by atoms with Crippen molar-refractivity contribution in [3.8, 4) is 0 Å². The number of amides is 2. The Labute approximate surface area is 132 Å². The number of anilines is 1. The van der Waals surface area contributed by atoms with Gasteiger partial charge in [-0.2, -0.15) is 0 Å². The second-order valence-corrected chi connectivity index (χ2v) is 4.92. The van der Waals surface area contributed by atoms with Crippen LogP contribution < -0.4 is 10.6 Å². The van der Waals surface area contributed by atoms with Gasteiger partial charge >= 0.3 is 6.03 Å². The summed E-state index contributed by atoms with van der Waals surface area (Å²) in [7, 11) is 4.03. The predicted octanol–water partition coefficient (Wildman–Crippen LogP) is 3.33. The normalized spacial score (nSPS) is 10.0. The van der Waals surface area contributed by atoms with E-state index in [-0.39, 0.29) is 6.03 Å². The average molecular weight is 302 g/mol. The highest BCUT2D eigenvalue weighted by Gasteiger charge is 2.05. The quantitative estimate of drug-likeness (QED) is 0.833. The molecule has 0 saturated heterocycles. The van der Waals surface area contributed by atoms with Crippen LogP contribution in [-0.2, 0) is 0 Å². The molecule has 1 heterocycles. The summed E-state index contributed by atoms with van der Waals surface area (Å²) < 4.78 is 0. The Balaban J connectivity index is 0.00000116. The van der Waals surface area contributed by atoms with Crippen molar-refractivity contribution in [3.63, 3.8) is 0 Å². The van der Waals surface area contributed by atoms with Gasteiger partial charge in [0.25, 0.3) is 0 Å². The number of aromatic nitrogens is 1. The number of nitrogens with one attached hydrogen (secondary N) is 2. The third kappa shape index (κ3) is 5.69. The lowest BCUT2D eigenvalue weighted by atomic mass is 10.1. The number of carbonyl (C=O) groups excluding carboxylic acids is 1. The van der Waals surface area contributed by atoms with Crippen LogP contribution in [0.2, 0.25) is 0 Å². The Morgan fingerprint density at radius 2 is 1.91 bits per heavy atom. The highest BCUT2D eigenvalue weighted by atomic mass is 16.2. The Bertz CT molecular complexity index is 578. The van der Waals surface area contributed by atoms with Crippen LogP contribution in [0.3, 0.4) is 0 Å². The summed E-state index contributed by atoms with van der Waals surface area (Å²) in [6, 6.07) is 9.56. The van der Waals surface area contributed by atoms with Gasteiger partial charge in [-0.25, -0.2) is 9.78 Å². The molecule has 0 aliphatic rings. The number of urea groups is 1. The zero-order chi connectivity index (χ0) is 16.4. The van der Waals surface area contributed by atoms with Gasteiger partial charge in [0.1, 0.15) is 5.82 Å². The van der Waals surface area contributed by atoms with E-state index in [2.05, 4.69) is 20.5 Å². The molecule has 120 valence electrons. The highest BCUT2D eigenvalue weighted by Crippen LogP contribution is 2.19. The average Bonchev–Trinajstić information content (AvgIpc) is 2.54. The van der Waals surface area contributed by atoms with Crippen molar-refractivity contribution in [2.75, 3.05) is 32.5 Å². The molecule has 2 aromatic rings. The SMILES string of the molecule is CC.CN(C)CCCNC(=O)Nc1nccc2ccccc12. The molecule has 5 nitrogen and oxygen atoms in total. The van der Waals surface area contributed by atoms with Crippen molar-refractivity contribution in [3.05, 3.63) is 36.5 Å². The zero-order valence-corrected chi connectivity index (χ0v) is 13.9. The Kier molecular flexibility index (Phi) is 7.92. The maximum absolute atomic E-state index is 11.8. The smallest absolute Gasteiger partial charge is 0.320 e. The minimum Gasteiger partial charge on any atom is -0.338 e. The largest absolute Gasteiger partial charge is 0.338 e. The van der Waals surface area contributed by atoms with Crippen LogP contribution in [-0.4, -0.2) is 43.1 Å². The van der Waals surface area contributed by atoms with E-state index < -0.39 is 0 Å². The fourth-order valence-electron chi connectivity index (χ4n) is 1.97. The van der Waals surface area contributed by atoms with Crippen LogP contribution in [0.15, 0.2) is 36.5 Å². The van der Waals surface area contributed by atoms with Crippen LogP contribution in [0.1, 0.15) is 20.3 Å². The lowest BCUT2D eigenvalue weighted by molar-refractivity contribution is 0.251. The second kappa shape index (κ2) is 9.73. The molecule has 2 N–H and O–H groups in total. The standard InChI is InChI=1S/C15H20N4O.C2H6/c1-19(2)11-5-9-17-15(20)18-14-13-7-4-3-6-12(13)8-10-16-14;1-2/h3-4,6-8,10H,5,9,11H2,1-2H3,(H2,16,17,18,20);1-2H3. The van der Waals surface area contributed by atoms with Gasteiger partial charge in [-0.1, -0.05) is 38.1 Å². The summed E-state index contributed by atoms with van der Waals surface area (Å²) >= 11 is 0. The molecule has 22 heavy (non-hydrogen) atoms. The van der Waals surface area contributed by atoms with E-state index in [0.717, 1.165) is 23.7 Å². The van der Waals surface area contributed by atoms with E-state index in [0.29, 0.717) is 12.4 Å². The van der Waals surface area contributed by atoms with E-state index in [1.54, 1.807) is 6.20 Å². The molecular formula is C17H26N4O. The van der Waals surface area contributed by atoms with Crippen LogP contribution in [0.5, 0.6) is 0 Å². The van der Waals surface area contributed by atoms with Crippen molar-refractivity contribution < 1.29 is 4.79 Å². The molecule has 0 atom stereocenters. The first kappa shape index (κ1) is 17.9. The Morgan fingerprint density at radius 1 is 1.18 bits per heavy atom. The first-order valence-electron chi connectivity index (χ1n) is 7.70. The van der Waals surface area contributed by atoms with Crippen molar-refractivity contribution in [1.29, 1.82) is 0 Å². The van der Waals surface area contributed by atoms with Gasteiger partial charge in [0.05, 0.1) is 0 Å². The Hall–Kier alpha value is -2.14. The maximum Gasteiger partial charge on any atom is 0.320 e. The summed E-state index contributed by atoms with van der Waals surface area (Å²) in [5, 5.41) is 7.64. The molecule has 0 spiro atoms. The molecular weight excluding hydrogens is 276 g/mol. The first-order valence-corrected chi connectivity index (χ1v) is 7.70. The van der Waals surface area contributed by atoms with Crippen molar-refractivity contribution >= 4 is 22.6 Å². The van der Waals surface area contributed by atoms with Crippen molar-refractivity contribution in [2.45, 2.75) is 20.3 Å². The van der Waals surface area contributed by atoms with Gasteiger partial charge in [-0.15, -0.1) is 0 Å².